The Labute approximate surface area is 149 Å². The summed E-state index contributed by atoms with van der Waals surface area (Å²) in [5, 5.41) is 0. The van der Waals surface area contributed by atoms with Crippen LogP contribution in [0.25, 0.3) is 0 Å². The first kappa shape index (κ1) is 15.8. The number of ether oxygens (including phenoxy) is 1. The van der Waals surface area contributed by atoms with E-state index in [-0.39, 0.29) is 5.60 Å². The van der Waals surface area contributed by atoms with Crippen LogP contribution in [0.4, 0.5) is 11.9 Å². The lowest BCUT2D eigenvalue weighted by Gasteiger charge is -2.39. The van der Waals surface area contributed by atoms with Gasteiger partial charge in [-0.15, -0.1) is 0 Å². The minimum Gasteiger partial charge on any atom is -0.370 e. The Bertz CT molecular complexity index is 636. The summed E-state index contributed by atoms with van der Waals surface area (Å²) in [7, 11) is 0. The summed E-state index contributed by atoms with van der Waals surface area (Å²) in [4.78, 5) is 18.1. The Morgan fingerprint density at radius 3 is 2.44 bits per heavy atom. The molecule has 7 heteroatoms. The van der Waals surface area contributed by atoms with E-state index < -0.39 is 0 Å². The van der Waals surface area contributed by atoms with E-state index >= 15 is 0 Å². The largest absolute Gasteiger partial charge is 0.370 e. The first-order valence-corrected chi connectivity index (χ1v) is 9.86. The highest BCUT2D eigenvalue weighted by Gasteiger charge is 2.45. The molecular weight excluding hydrogens is 316 g/mol. The normalized spacial score (nSPS) is 29.1. The third-order valence-corrected chi connectivity index (χ3v) is 6.32. The molecule has 2 aliphatic heterocycles. The number of nitrogens with zero attached hydrogens (tertiary/aromatic N) is 5. The van der Waals surface area contributed by atoms with E-state index in [2.05, 4.69) is 24.8 Å². The highest BCUT2D eigenvalue weighted by Crippen LogP contribution is 2.45. The summed E-state index contributed by atoms with van der Waals surface area (Å²) in [6, 6.07) is 0. The molecule has 0 aromatic carbocycles. The van der Waals surface area contributed by atoms with Crippen LogP contribution < -0.4 is 10.6 Å². The Kier molecular flexibility index (Phi) is 3.82. The van der Waals surface area contributed by atoms with Crippen molar-refractivity contribution >= 4 is 11.9 Å². The van der Waals surface area contributed by atoms with Crippen LogP contribution in [0.5, 0.6) is 0 Å². The van der Waals surface area contributed by atoms with E-state index in [0.29, 0.717) is 18.0 Å². The van der Waals surface area contributed by atoms with E-state index in [1.54, 1.807) is 0 Å². The maximum atomic E-state index is 6.36. The predicted octanol–water partition coefficient (Wildman–Crippen LogP) is 1.55. The standard InChI is InChI=1S/C18H28N6O/c19-16-20-15(13-2-3-13)21-17(22-16)24-10-8-23(9-11-24)12-14-4-7-18(25-14)5-1-6-18/h13-14H,1-12H2,(H2,19,20,21,22)/t14-/m1/s1. The number of nitrogens with two attached hydrogens (primary N) is 1. The predicted molar refractivity (Wildman–Crippen MR) is 95.6 cm³/mol. The van der Waals surface area contributed by atoms with Gasteiger partial charge in [0.25, 0.3) is 0 Å². The minimum absolute atomic E-state index is 0.272. The van der Waals surface area contributed by atoms with E-state index in [4.69, 9.17) is 10.5 Å². The third kappa shape index (κ3) is 3.19. The topological polar surface area (TPSA) is 80.4 Å². The molecule has 4 fully saturated rings. The van der Waals surface area contributed by atoms with Gasteiger partial charge in [0.15, 0.2) is 0 Å². The molecule has 5 rings (SSSR count). The van der Waals surface area contributed by atoms with E-state index in [0.717, 1.165) is 44.5 Å². The van der Waals surface area contributed by atoms with E-state index in [1.165, 1.54) is 44.9 Å². The summed E-state index contributed by atoms with van der Waals surface area (Å²) in [5.74, 6) is 2.51. The van der Waals surface area contributed by atoms with Gasteiger partial charge in [0.2, 0.25) is 11.9 Å². The lowest BCUT2D eigenvalue weighted by Crippen LogP contribution is -2.49. The maximum absolute atomic E-state index is 6.36. The quantitative estimate of drug-likeness (QED) is 0.887. The molecule has 3 heterocycles. The molecule has 136 valence electrons. The van der Waals surface area contributed by atoms with Gasteiger partial charge in [-0.05, 0) is 44.9 Å². The molecular formula is C18H28N6O. The van der Waals surface area contributed by atoms with Crippen molar-refractivity contribution in [2.75, 3.05) is 43.4 Å². The fraction of sp³-hybridized carbons (Fsp3) is 0.833. The van der Waals surface area contributed by atoms with Crippen LogP contribution in [0, 0.1) is 0 Å². The fourth-order valence-corrected chi connectivity index (χ4v) is 4.44. The Hall–Kier alpha value is -1.47. The zero-order valence-corrected chi connectivity index (χ0v) is 14.9. The van der Waals surface area contributed by atoms with Crippen LogP contribution >= 0.6 is 0 Å². The van der Waals surface area contributed by atoms with Crippen molar-refractivity contribution in [2.45, 2.75) is 62.6 Å². The Morgan fingerprint density at radius 1 is 1.00 bits per heavy atom. The smallest absolute Gasteiger partial charge is 0.230 e. The average Bonchev–Trinajstić information content (AvgIpc) is 3.34. The van der Waals surface area contributed by atoms with Gasteiger partial charge < -0.3 is 15.4 Å². The van der Waals surface area contributed by atoms with Crippen molar-refractivity contribution in [3.63, 3.8) is 0 Å². The summed E-state index contributed by atoms with van der Waals surface area (Å²) in [6.07, 6.45) is 9.20. The van der Waals surface area contributed by atoms with Crippen LogP contribution in [0.3, 0.4) is 0 Å². The monoisotopic (exact) mass is 344 g/mol. The first-order valence-electron chi connectivity index (χ1n) is 9.86. The summed E-state index contributed by atoms with van der Waals surface area (Å²) < 4.78 is 6.36. The molecule has 0 unspecified atom stereocenters. The van der Waals surface area contributed by atoms with Crippen molar-refractivity contribution < 1.29 is 4.74 Å². The summed E-state index contributed by atoms with van der Waals surface area (Å²) in [6.45, 7) is 5.05. The Balaban J connectivity index is 1.16. The van der Waals surface area contributed by atoms with Gasteiger partial charge in [0.05, 0.1) is 11.7 Å². The van der Waals surface area contributed by atoms with E-state index in [9.17, 15) is 0 Å². The molecule has 1 aromatic heterocycles. The number of piperazine rings is 1. The maximum Gasteiger partial charge on any atom is 0.230 e. The van der Waals surface area contributed by atoms with Crippen LogP contribution in [0.2, 0.25) is 0 Å². The molecule has 0 radical (unpaired) electrons. The van der Waals surface area contributed by atoms with Gasteiger partial charge in [-0.1, -0.05) is 0 Å². The molecule has 1 spiro atoms. The molecule has 0 amide bonds. The molecule has 2 N–H and O–H groups in total. The molecule has 2 saturated heterocycles. The first-order chi connectivity index (χ1) is 12.2. The molecule has 0 bridgehead atoms. The second kappa shape index (κ2) is 6.06. The summed E-state index contributed by atoms with van der Waals surface area (Å²) in [5.41, 5.74) is 6.17. The van der Waals surface area contributed by atoms with Gasteiger partial charge in [0, 0.05) is 38.6 Å². The van der Waals surface area contributed by atoms with Crippen molar-refractivity contribution in [3.05, 3.63) is 5.82 Å². The number of aromatic nitrogens is 3. The van der Waals surface area contributed by atoms with Crippen molar-refractivity contribution in [2.24, 2.45) is 0 Å². The van der Waals surface area contributed by atoms with Gasteiger partial charge in [-0.2, -0.15) is 15.0 Å². The van der Waals surface area contributed by atoms with Crippen LogP contribution in [0.1, 0.15) is 56.7 Å². The molecule has 1 atom stereocenters. The lowest BCUT2D eigenvalue weighted by atomic mass is 9.78. The number of hydrogen-bond acceptors (Lipinski definition) is 7. The molecule has 2 aliphatic carbocycles. The number of rotatable bonds is 4. The van der Waals surface area contributed by atoms with E-state index in [1.807, 2.05) is 0 Å². The molecule has 4 aliphatic rings. The highest BCUT2D eigenvalue weighted by molar-refractivity contribution is 5.36. The SMILES string of the molecule is Nc1nc(C2CC2)nc(N2CCN(C[C@H]3CCC4(CCC4)O3)CC2)n1. The zero-order valence-electron chi connectivity index (χ0n) is 14.9. The van der Waals surface area contributed by atoms with Gasteiger partial charge in [-0.3, -0.25) is 4.90 Å². The lowest BCUT2D eigenvalue weighted by molar-refractivity contribution is -0.0974. The average molecular weight is 344 g/mol. The van der Waals surface area contributed by atoms with Crippen LogP contribution in [0.15, 0.2) is 0 Å². The molecule has 7 nitrogen and oxygen atoms in total. The van der Waals surface area contributed by atoms with Crippen molar-refractivity contribution in [1.82, 2.24) is 19.9 Å². The van der Waals surface area contributed by atoms with Gasteiger partial charge in [0.1, 0.15) is 5.82 Å². The van der Waals surface area contributed by atoms with Gasteiger partial charge in [-0.25, -0.2) is 0 Å². The minimum atomic E-state index is 0.272. The third-order valence-electron chi connectivity index (χ3n) is 6.32. The van der Waals surface area contributed by atoms with Gasteiger partial charge >= 0.3 is 0 Å². The second-order valence-corrected chi connectivity index (χ2v) is 8.23. The van der Waals surface area contributed by atoms with Crippen LogP contribution in [-0.2, 0) is 4.74 Å². The number of nitrogen functional groups attached to an aromatic ring is 1. The highest BCUT2D eigenvalue weighted by atomic mass is 16.5. The molecule has 1 aromatic rings. The zero-order chi connectivity index (χ0) is 16.9. The number of hydrogen-bond donors (Lipinski definition) is 1. The number of anilines is 2. The Morgan fingerprint density at radius 2 is 1.80 bits per heavy atom. The van der Waals surface area contributed by atoms with Crippen LogP contribution in [-0.4, -0.2) is 64.3 Å². The van der Waals surface area contributed by atoms with Crippen molar-refractivity contribution in [3.8, 4) is 0 Å². The molecule has 25 heavy (non-hydrogen) atoms. The summed E-state index contributed by atoms with van der Waals surface area (Å²) >= 11 is 0. The van der Waals surface area contributed by atoms with Crippen molar-refractivity contribution in [1.29, 1.82) is 0 Å². The molecule has 2 saturated carbocycles. The second-order valence-electron chi connectivity index (χ2n) is 8.23. The fourth-order valence-electron chi connectivity index (χ4n) is 4.44.